The Morgan fingerprint density at radius 2 is 0.552 bits per heavy atom. The highest BCUT2D eigenvalue weighted by Gasteiger charge is 2.47. The van der Waals surface area contributed by atoms with Crippen molar-refractivity contribution < 1.29 is 105 Å². The number of hydrogen-bond acceptors (Lipinski definition) is 22. The summed E-state index contributed by atoms with van der Waals surface area (Å²) in [5.41, 5.74) is 3.35. The molecule has 0 aliphatic carbocycles. The number of rotatable bonds is 40. The van der Waals surface area contributed by atoms with Crippen LogP contribution in [0.3, 0.4) is 0 Å². The molecule has 0 fully saturated rings. The number of nitrogens with zero attached hydrogens (tertiary/aromatic N) is 2. The van der Waals surface area contributed by atoms with Crippen molar-refractivity contribution in [1.29, 1.82) is 0 Å². The van der Waals surface area contributed by atoms with E-state index in [1.807, 2.05) is 27.7 Å². The molecular formula is C92H94N2O22. The summed E-state index contributed by atoms with van der Waals surface area (Å²) in [6.45, 7) is 32.2. The fourth-order valence-corrected chi connectivity index (χ4v) is 13.8. The molecule has 2 heterocycles. The Morgan fingerprint density at radius 3 is 0.759 bits per heavy atom. The summed E-state index contributed by atoms with van der Waals surface area (Å²) >= 11 is 0. The molecule has 4 amide bonds. The van der Waals surface area contributed by atoms with E-state index in [-0.39, 0.29) is 237 Å². The third-order valence-electron chi connectivity index (χ3n) is 19.4. The zero-order chi connectivity index (χ0) is 83.3. The normalized spacial score (nSPS) is 13.0. The standard InChI is InChI=1S/C92H94N2O22/c1-15-105-41-43-111-91(103)69(45-51(3)4)93-83(95)65-47-71(113-61-25-17-57(18-26-61)33-37-107-87(99)53(7)8)77-79-73(115-63-29-21-59(22-30-63)35-39-109-89(101)55(11)12)49-67-76-68(86(98)94(85(67)97)70(46-52(5)6)92(104)112-44-42-106-16-2)50-74(116-64-31-23-60(24-32-64)36-40-110-90(102)56(13)14)80(82(76)79)78-72(48-66(84(93)96)75(65)81(77)78)114-62-27-19-58(20-28-62)34-38-108-88(100)54(9)10/h17-32,47-52,69-70H,7,9,11,13,15-16,33-46H2,1-6,8,10,12,14H3. The van der Waals surface area contributed by atoms with Crippen LogP contribution in [0.15, 0.2) is 170 Å². The number of imide groups is 2. The van der Waals surface area contributed by atoms with E-state index in [1.54, 1.807) is 139 Å². The maximum absolute atomic E-state index is 16.4. The molecule has 2 atom stereocenters. The zero-order valence-electron chi connectivity index (χ0n) is 66.9. The van der Waals surface area contributed by atoms with Gasteiger partial charge in [-0.25, -0.2) is 28.8 Å². The van der Waals surface area contributed by atoms with Gasteiger partial charge in [-0.3, -0.25) is 29.0 Å². The van der Waals surface area contributed by atoms with Crippen LogP contribution in [-0.2, 0) is 92.3 Å². The van der Waals surface area contributed by atoms with E-state index in [4.69, 9.17) is 56.8 Å². The van der Waals surface area contributed by atoms with Gasteiger partial charge in [-0.05, 0) is 161 Å². The van der Waals surface area contributed by atoms with Gasteiger partial charge in [0, 0.05) is 104 Å². The molecule has 2 aliphatic heterocycles. The van der Waals surface area contributed by atoms with Crippen molar-refractivity contribution in [2.24, 2.45) is 11.8 Å². The first-order valence-electron chi connectivity index (χ1n) is 38.6. The Labute approximate surface area is 672 Å². The first kappa shape index (κ1) is 84.4. The average Bonchev–Trinajstić information content (AvgIpc) is 0.670. The van der Waals surface area contributed by atoms with Crippen molar-refractivity contribution in [1.82, 2.24) is 9.80 Å². The molecule has 9 aromatic carbocycles. The molecule has 2 aliphatic rings. The predicted molar refractivity (Wildman–Crippen MR) is 434 cm³/mol. The second kappa shape index (κ2) is 37.6. The maximum Gasteiger partial charge on any atom is 0.333 e. The second-order valence-electron chi connectivity index (χ2n) is 29.3. The van der Waals surface area contributed by atoms with Crippen LogP contribution in [0.1, 0.15) is 146 Å². The van der Waals surface area contributed by atoms with Gasteiger partial charge in [0.1, 0.15) is 71.3 Å². The Balaban J connectivity index is 1.28. The van der Waals surface area contributed by atoms with Crippen molar-refractivity contribution >= 4 is 103 Å². The van der Waals surface area contributed by atoms with Crippen LogP contribution in [-0.4, -0.2) is 147 Å². The highest BCUT2D eigenvalue weighted by atomic mass is 16.6. The lowest BCUT2D eigenvalue weighted by Gasteiger charge is -2.36. The molecule has 11 rings (SSSR count). The summed E-state index contributed by atoms with van der Waals surface area (Å²) in [7, 11) is 0. The quantitative estimate of drug-likeness (QED) is 0.00655. The van der Waals surface area contributed by atoms with E-state index < -0.39 is 71.5 Å². The van der Waals surface area contributed by atoms with Gasteiger partial charge in [-0.2, -0.15) is 0 Å². The van der Waals surface area contributed by atoms with Crippen molar-refractivity contribution in [3.8, 4) is 46.0 Å². The van der Waals surface area contributed by atoms with Crippen LogP contribution in [0, 0.1) is 11.8 Å². The molecule has 0 bridgehead atoms. The Bertz CT molecular complexity index is 4730. The first-order valence-corrected chi connectivity index (χ1v) is 38.6. The SMILES string of the molecule is C=C(C)C(=O)OCCc1ccc(Oc2cc3c4c(cc(Oc5ccc(CCOC(=O)C(=C)C)cc5)c5c6c(Oc7ccc(CCOC(=O)C(=C)C)cc7)cc7c8c(cc(Oc9ccc(CCOC(=O)C(=C)C)cc9)c(c2c45)c86)C(=O)N(C(CC(C)C)C(=O)OCCOCC)C7=O)C(=O)N(C(CC(C)C)C(=O)OCCOCC)C3=O)cc1. The van der Waals surface area contributed by atoms with Crippen LogP contribution < -0.4 is 18.9 Å². The van der Waals surface area contributed by atoms with Gasteiger partial charge in [-0.1, -0.05) is 103 Å². The number of esters is 6. The van der Waals surface area contributed by atoms with Crippen LogP contribution >= 0.6 is 0 Å². The Hall–Kier alpha value is -12.5. The second-order valence-corrected chi connectivity index (χ2v) is 29.3. The van der Waals surface area contributed by atoms with Crippen LogP contribution in [0.2, 0.25) is 0 Å². The summed E-state index contributed by atoms with van der Waals surface area (Å²) in [4.78, 5) is 147. The van der Waals surface area contributed by atoms with Gasteiger partial charge < -0.3 is 56.8 Å². The number of benzene rings is 9. The van der Waals surface area contributed by atoms with Gasteiger partial charge in [0.25, 0.3) is 23.6 Å². The lowest BCUT2D eigenvalue weighted by atomic mass is 9.80. The van der Waals surface area contributed by atoms with Gasteiger partial charge in [0.2, 0.25) is 0 Å². The minimum Gasteiger partial charge on any atom is -0.462 e. The number of hydrogen-bond donors (Lipinski definition) is 0. The number of amides is 4. The van der Waals surface area contributed by atoms with E-state index in [0.717, 1.165) is 32.1 Å². The summed E-state index contributed by atoms with van der Waals surface area (Å²) in [5, 5.41) is 0.885. The van der Waals surface area contributed by atoms with E-state index in [1.165, 1.54) is 24.3 Å². The molecule has 0 N–H and O–H groups in total. The predicted octanol–water partition coefficient (Wildman–Crippen LogP) is 16.7. The van der Waals surface area contributed by atoms with Gasteiger partial charge in [0.15, 0.2) is 0 Å². The highest BCUT2D eigenvalue weighted by Crippen LogP contribution is 2.58. The molecule has 9 aromatic rings. The maximum atomic E-state index is 16.4. The lowest BCUT2D eigenvalue weighted by molar-refractivity contribution is -0.151. The van der Waals surface area contributed by atoms with E-state index in [0.29, 0.717) is 13.2 Å². The monoisotopic (exact) mass is 1580 g/mol. The number of fused-ring (bicyclic) bond motifs is 2. The molecule has 0 saturated carbocycles. The highest BCUT2D eigenvalue weighted by molar-refractivity contribution is 6.45. The van der Waals surface area contributed by atoms with Crippen LogP contribution in [0.5, 0.6) is 46.0 Å². The van der Waals surface area contributed by atoms with Crippen molar-refractivity contribution in [2.75, 3.05) is 66.1 Å². The lowest BCUT2D eigenvalue weighted by Crippen LogP contribution is -2.51. The van der Waals surface area contributed by atoms with E-state index in [9.17, 15) is 28.8 Å². The minimum absolute atomic E-state index is 0.0151. The minimum atomic E-state index is -1.51. The summed E-state index contributed by atoms with van der Waals surface area (Å²) in [6.07, 6.45) is 1.06. The van der Waals surface area contributed by atoms with Gasteiger partial charge in [0.05, 0.1) is 61.9 Å². The Kier molecular flexibility index (Phi) is 27.4. The first-order chi connectivity index (χ1) is 55.6. The smallest absolute Gasteiger partial charge is 0.333 e. The van der Waals surface area contributed by atoms with Gasteiger partial charge >= 0.3 is 35.8 Å². The number of carbonyl (C=O) groups excluding carboxylic acids is 10. The van der Waals surface area contributed by atoms with Crippen LogP contribution in [0.4, 0.5) is 0 Å². The molecule has 2 unspecified atom stereocenters. The van der Waals surface area contributed by atoms with Crippen molar-refractivity contribution in [2.45, 2.75) is 120 Å². The van der Waals surface area contributed by atoms with Crippen molar-refractivity contribution in [3.63, 3.8) is 0 Å². The van der Waals surface area contributed by atoms with Crippen LogP contribution in [0.25, 0.3) is 43.1 Å². The van der Waals surface area contributed by atoms with Gasteiger partial charge in [-0.15, -0.1) is 0 Å². The molecule has 0 radical (unpaired) electrons. The van der Waals surface area contributed by atoms with E-state index in [2.05, 4.69) is 26.3 Å². The number of carbonyl (C=O) groups is 10. The molecule has 0 saturated heterocycles. The molecule has 0 spiro atoms. The average molecular weight is 1580 g/mol. The fraction of sp³-hybridized carbons (Fsp3) is 0.326. The summed E-state index contributed by atoms with van der Waals surface area (Å²) in [6, 6.07) is 30.3. The molecule has 0 aromatic heterocycles. The van der Waals surface area contributed by atoms with E-state index >= 15 is 19.2 Å². The number of ether oxygens (including phenoxy) is 12. The molecular weight excluding hydrogens is 1490 g/mol. The van der Waals surface area contributed by atoms with Crippen molar-refractivity contribution in [3.05, 3.63) is 214 Å². The third-order valence-corrected chi connectivity index (χ3v) is 19.4. The molecule has 116 heavy (non-hydrogen) atoms. The topological polar surface area (TPSA) is 288 Å². The summed E-state index contributed by atoms with van der Waals surface area (Å²) in [5.74, 6) is -7.74. The summed E-state index contributed by atoms with van der Waals surface area (Å²) < 4.78 is 73.6. The largest absolute Gasteiger partial charge is 0.462 e. The molecule has 24 heteroatoms. The molecule has 604 valence electrons. The third kappa shape index (κ3) is 19.1. The Morgan fingerprint density at radius 1 is 0.319 bits per heavy atom. The fourth-order valence-electron chi connectivity index (χ4n) is 13.8. The zero-order valence-corrected chi connectivity index (χ0v) is 66.9. The molecule has 24 nitrogen and oxygen atoms in total.